The highest BCUT2D eigenvalue weighted by Gasteiger charge is 2.39. The molecule has 0 aliphatic rings. The molecule has 37 heavy (non-hydrogen) atoms. The largest absolute Gasteiger partial charge is 0.673 e. The summed E-state index contributed by atoms with van der Waals surface area (Å²) in [5, 5.41) is 2.88. The van der Waals surface area contributed by atoms with Gasteiger partial charge >= 0.3 is 22.2 Å². The zero-order valence-electron chi connectivity index (χ0n) is 24.1. The Hall–Kier alpha value is -0.888. The molecule has 0 aromatic carbocycles. The van der Waals surface area contributed by atoms with Crippen molar-refractivity contribution < 1.29 is 44.6 Å². The molecule has 224 valence electrons. The summed E-state index contributed by atoms with van der Waals surface area (Å²) in [7, 11) is -8.65. The average Bonchev–Trinajstić information content (AvgIpc) is 2.82. The van der Waals surface area contributed by atoms with Crippen molar-refractivity contribution in [1.29, 1.82) is 0 Å². The first kappa shape index (κ1) is 38.3. The molecule has 13 heteroatoms. The summed E-state index contributed by atoms with van der Waals surface area (Å²) in [5.41, 5.74) is 0. The monoisotopic (exact) mass is 564 g/mol. The zero-order chi connectivity index (χ0) is 28.6. The predicted octanol–water partition coefficient (Wildman–Crippen LogP) is 6.67. The third-order valence-corrected chi connectivity index (χ3v) is 8.93. The van der Waals surface area contributed by atoms with Crippen LogP contribution in [0.1, 0.15) is 86.5 Å². The number of halogens is 4. The van der Waals surface area contributed by atoms with Crippen molar-refractivity contribution in [2.75, 3.05) is 59.2 Å². The summed E-state index contributed by atoms with van der Waals surface area (Å²) in [6.07, 6.45) is 7.70. The maximum absolute atomic E-state index is 12.2. The molecular formula is C24H53BF4N2O5Si. The van der Waals surface area contributed by atoms with Crippen LogP contribution in [0.25, 0.3) is 0 Å². The van der Waals surface area contributed by atoms with Gasteiger partial charge in [0.05, 0.1) is 19.6 Å². The van der Waals surface area contributed by atoms with Crippen molar-refractivity contribution in [2.24, 2.45) is 0 Å². The summed E-state index contributed by atoms with van der Waals surface area (Å²) in [5.74, 6) is 0. The van der Waals surface area contributed by atoms with Gasteiger partial charge in [0, 0.05) is 32.4 Å². The van der Waals surface area contributed by atoms with E-state index in [0.717, 1.165) is 17.4 Å². The molecule has 0 saturated heterocycles. The average molecular weight is 565 g/mol. The number of amides is 1. The van der Waals surface area contributed by atoms with E-state index in [2.05, 4.69) is 26.1 Å². The minimum absolute atomic E-state index is 0.332. The van der Waals surface area contributed by atoms with E-state index in [4.69, 9.17) is 18.0 Å². The van der Waals surface area contributed by atoms with Crippen LogP contribution in [-0.4, -0.2) is 85.8 Å². The fraction of sp³-hybridized carbons (Fsp3) is 0.958. The van der Waals surface area contributed by atoms with E-state index >= 15 is 0 Å². The summed E-state index contributed by atoms with van der Waals surface area (Å²) < 4.78 is 63.2. The van der Waals surface area contributed by atoms with Crippen molar-refractivity contribution in [2.45, 2.75) is 92.5 Å². The molecule has 0 aromatic rings. The van der Waals surface area contributed by atoms with Crippen LogP contribution in [0.5, 0.6) is 0 Å². The lowest BCUT2D eigenvalue weighted by Crippen LogP contribution is -2.52. The van der Waals surface area contributed by atoms with Crippen LogP contribution in [0, 0.1) is 0 Å². The van der Waals surface area contributed by atoms with Gasteiger partial charge in [0.15, 0.2) is 0 Å². The third kappa shape index (κ3) is 22.8. The van der Waals surface area contributed by atoms with E-state index in [1.165, 1.54) is 58.2 Å². The Balaban J connectivity index is 0. The maximum Gasteiger partial charge on any atom is 0.673 e. The number of hydrogen-bond acceptors (Lipinski definition) is 5. The number of nitrogens with one attached hydrogen (secondary N) is 1. The van der Waals surface area contributed by atoms with E-state index < -0.39 is 16.1 Å². The number of quaternary nitrogens is 1. The van der Waals surface area contributed by atoms with Crippen molar-refractivity contribution in [1.82, 2.24) is 5.32 Å². The first-order valence-corrected chi connectivity index (χ1v) is 15.9. The van der Waals surface area contributed by atoms with Gasteiger partial charge in [-0.1, -0.05) is 40.0 Å². The van der Waals surface area contributed by atoms with E-state index in [0.29, 0.717) is 39.0 Å². The van der Waals surface area contributed by atoms with E-state index in [-0.39, 0.29) is 6.09 Å². The van der Waals surface area contributed by atoms with Crippen LogP contribution in [0.3, 0.4) is 0 Å². The Labute approximate surface area is 224 Å². The SMILES string of the molecule is CCCC[N+](CCCC)(CCCC)CCOC(=O)NCCC[Si](OCC)(OCC)OCC.F[B-](F)(F)F. The number of nitrogens with zero attached hydrogens (tertiary/aromatic N) is 1. The third-order valence-electron chi connectivity index (χ3n) is 5.78. The molecule has 0 spiro atoms. The Kier molecular flexibility index (Phi) is 23.8. The molecule has 0 aliphatic heterocycles. The Morgan fingerprint density at radius 1 is 0.730 bits per heavy atom. The quantitative estimate of drug-likeness (QED) is 0.0689. The van der Waals surface area contributed by atoms with Crippen molar-refractivity contribution in [3.8, 4) is 0 Å². The summed E-state index contributed by atoms with van der Waals surface area (Å²) in [6.45, 7) is 19.8. The normalized spacial score (nSPS) is 12.2. The molecule has 0 saturated carbocycles. The summed E-state index contributed by atoms with van der Waals surface area (Å²) in [6, 6.07) is 0.688. The lowest BCUT2D eigenvalue weighted by molar-refractivity contribution is -0.929. The molecule has 0 bridgehead atoms. The van der Waals surface area contributed by atoms with Crippen LogP contribution in [0.2, 0.25) is 6.04 Å². The highest BCUT2D eigenvalue weighted by atomic mass is 28.4. The standard InChI is InChI=1S/C24H52N2O5Si.BF4/c1-7-13-18-26(19-14-8-2,20-15-9-3)21-22-28-24(27)25-17-16-23-32(29-10-4,30-11-5)31-12-6;2-1(3,4)5/h7-23H2,1-6H3;/q;-1/p+1. The molecule has 7 nitrogen and oxygen atoms in total. The molecule has 0 fully saturated rings. The predicted molar refractivity (Wildman–Crippen MR) is 144 cm³/mol. The Bertz CT molecular complexity index is 507. The molecule has 0 rings (SSSR count). The topological polar surface area (TPSA) is 66.0 Å². The first-order valence-electron chi connectivity index (χ1n) is 14.0. The van der Waals surface area contributed by atoms with Gasteiger partial charge in [-0.15, -0.1) is 0 Å². The fourth-order valence-corrected chi connectivity index (χ4v) is 6.64. The molecule has 0 aliphatic carbocycles. The molecule has 1 amide bonds. The molecule has 0 radical (unpaired) electrons. The van der Waals surface area contributed by atoms with E-state index in [1.807, 2.05) is 20.8 Å². The first-order chi connectivity index (χ1) is 17.5. The molecule has 0 heterocycles. The molecule has 1 N–H and O–H groups in total. The van der Waals surface area contributed by atoms with Gasteiger partial charge in [0.2, 0.25) is 0 Å². The maximum atomic E-state index is 12.2. The van der Waals surface area contributed by atoms with Crippen LogP contribution in [-0.2, 0) is 18.0 Å². The molecule has 0 unspecified atom stereocenters. The number of carbonyl (C=O) groups is 1. The minimum Gasteiger partial charge on any atom is -0.444 e. The highest BCUT2D eigenvalue weighted by molar-refractivity contribution is 6.60. The van der Waals surface area contributed by atoms with E-state index in [1.54, 1.807) is 0 Å². The number of carbonyl (C=O) groups excluding carboxylic acids is 1. The van der Waals surface area contributed by atoms with Gasteiger partial charge in [0.25, 0.3) is 0 Å². The van der Waals surface area contributed by atoms with Crippen molar-refractivity contribution >= 4 is 22.2 Å². The summed E-state index contributed by atoms with van der Waals surface area (Å²) >= 11 is 0. The molecule has 0 aromatic heterocycles. The Morgan fingerprint density at radius 3 is 1.49 bits per heavy atom. The van der Waals surface area contributed by atoms with Crippen LogP contribution >= 0.6 is 0 Å². The van der Waals surface area contributed by atoms with Crippen LogP contribution in [0.15, 0.2) is 0 Å². The lowest BCUT2D eigenvalue weighted by atomic mass is 10.1. The van der Waals surface area contributed by atoms with Gasteiger partial charge in [-0.25, -0.2) is 4.79 Å². The zero-order valence-corrected chi connectivity index (χ0v) is 25.1. The van der Waals surface area contributed by atoms with Gasteiger partial charge in [-0.2, -0.15) is 0 Å². The second kappa shape index (κ2) is 23.0. The Morgan fingerprint density at radius 2 is 1.14 bits per heavy atom. The fourth-order valence-electron chi connectivity index (χ4n) is 4.03. The van der Waals surface area contributed by atoms with Crippen LogP contribution < -0.4 is 5.32 Å². The highest BCUT2D eigenvalue weighted by Crippen LogP contribution is 2.18. The lowest BCUT2D eigenvalue weighted by Gasteiger charge is -2.39. The molecule has 0 atom stereocenters. The smallest absolute Gasteiger partial charge is 0.444 e. The number of ether oxygens (including phenoxy) is 1. The number of hydrogen-bond donors (Lipinski definition) is 1. The van der Waals surface area contributed by atoms with Gasteiger partial charge in [-0.3, -0.25) is 0 Å². The van der Waals surface area contributed by atoms with Gasteiger partial charge in [0.1, 0.15) is 13.2 Å². The minimum atomic E-state index is -6.00. The van der Waals surface area contributed by atoms with Crippen LogP contribution in [0.4, 0.5) is 22.1 Å². The number of unbranched alkanes of at least 4 members (excludes halogenated alkanes) is 3. The van der Waals surface area contributed by atoms with Crippen molar-refractivity contribution in [3.05, 3.63) is 0 Å². The second-order valence-electron chi connectivity index (χ2n) is 8.94. The van der Waals surface area contributed by atoms with E-state index in [9.17, 15) is 22.1 Å². The van der Waals surface area contributed by atoms with Crippen molar-refractivity contribution in [3.63, 3.8) is 0 Å². The number of rotatable bonds is 22. The summed E-state index contributed by atoms with van der Waals surface area (Å²) in [4.78, 5) is 12.2. The second-order valence-corrected chi connectivity index (χ2v) is 11.7. The number of alkyl carbamates (subject to hydrolysis) is 1. The molecular weight excluding hydrogens is 511 g/mol. The van der Waals surface area contributed by atoms with Gasteiger partial charge < -0.3 is 45.1 Å². The van der Waals surface area contributed by atoms with Gasteiger partial charge in [-0.05, 0) is 46.5 Å².